The van der Waals surface area contributed by atoms with Crippen molar-refractivity contribution < 1.29 is 23.4 Å². The number of carbonyl (C=O) groups is 1. The first kappa shape index (κ1) is 22.8. The highest BCUT2D eigenvalue weighted by Crippen LogP contribution is 2.39. The van der Waals surface area contributed by atoms with Gasteiger partial charge in [0.2, 0.25) is 11.7 Å². The van der Waals surface area contributed by atoms with Gasteiger partial charge in [-0.05, 0) is 30.7 Å². The van der Waals surface area contributed by atoms with Crippen LogP contribution in [0.5, 0.6) is 17.2 Å². The molecule has 9 heteroatoms. The maximum absolute atomic E-state index is 13.4. The lowest BCUT2D eigenvalue weighted by molar-refractivity contribution is -0.116. The lowest BCUT2D eigenvalue weighted by Crippen LogP contribution is -2.30. The molecule has 168 valence electrons. The molecular formula is C23H24FN3O5. The molecule has 0 radical (unpaired) electrons. The molecule has 0 atom stereocenters. The standard InChI is InChI=1S/C23H24FN3O5/c1-5-16-12-21(29)27(23(26-16)14-6-8-15(24)9-7-14)13-20(28)25-17-10-18(30-2)22(32-4)19(11-17)31-3/h6-12H,5,13H2,1-4H3,(H,25,28). The fourth-order valence-electron chi connectivity index (χ4n) is 3.20. The Labute approximate surface area is 184 Å². The second-order valence-electron chi connectivity index (χ2n) is 6.82. The third-order valence-corrected chi connectivity index (χ3v) is 4.78. The molecule has 1 heterocycles. The van der Waals surface area contributed by atoms with E-state index in [9.17, 15) is 14.0 Å². The quantitative estimate of drug-likeness (QED) is 0.577. The number of aromatic nitrogens is 2. The Kier molecular flexibility index (Phi) is 7.09. The predicted octanol–water partition coefficient (Wildman–Crippen LogP) is 3.28. The van der Waals surface area contributed by atoms with Crippen LogP contribution in [0.2, 0.25) is 0 Å². The number of ether oxygens (including phenoxy) is 3. The molecule has 0 unspecified atom stereocenters. The number of anilines is 1. The highest BCUT2D eigenvalue weighted by atomic mass is 19.1. The van der Waals surface area contributed by atoms with Crippen LogP contribution in [0.4, 0.5) is 10.1 Å². The smallest absolute Gasteiger partial charge is 0.254 e. The van der Waals surface area contributed by atoms with Crippen molar-refractivity contribution in [1.82, 2.24) is 9.55 Å². The minimum Gasteiger partial charge on any atom is -0.493 e. The van der Waals surface area contributed by atoms with Gasteiger partial charge in [-0.1, -0.05) is 6.92 Å². The summed E-state index contributed by atoms with van der Waals surface area (Å²) in [6, 6.07) is 10.2. The minimum atomic E-state index is -0.462. The fourth-order valence-corrected chi connectivity index (χ4v) is 3.20. The number of hydrogen-bond donors (Lipinski definition) is 1. The predicted molar refractivity (Wildman–Crippen MR) is 118 cm³/mol. The van der Waals surface area contributed by atoms with E-state index in [0.29, 0.717) is 40.6 Å². The van der Waals surface area contributed by atoms with Crippen molar-refractivity contribution in [3.63, 3.8) is 0 Å². The van der Waals surface area contributed by atoms with E-state index in [0.717, 1.165) is 0 Å². The van der Waals surface area contributed by atoms with E-state index in [2.05, 4.69) is 10.3 Å². The topological polar surface area (TPSA) is 91.7 Å². The van der Waals surface area contributed by atoms with Crippen LogP contribution >= 0.6 is 0 Å². The summed E-state index contributed by atoms with van der Waals surface area (Å²) in [5.74, 6) is 0.558. The normalized spacial score (nSPS) is 10.5. The molecule has 0 aliphatic heterocycles. The molecule has 0 fully saturated rings. The molecule has 0 saturated carbocycles. The number of hydrogen-bond acceptors (Lipinski definition) is 6. The Bertz CT molecular complexity index is 1150. The maximum Gasteiger partial charge on any atom is 0.254 e. The Balaban J connectivity index is 1.94. The van der Waals surface area contributed by atoms with Gasteiger partial charge in [-0.2, -0.15) is 0 Å². The highest BCUT2D eigenvalue weighted by Gasteiger charge is 2.17. The van der Waals surface area contributed by atoms with Gasteiger partial charge in [-0.3, -0.25) is 14.2 Å². The second kappa shape index (κ2) is 9.95. The van der Waals surface area contributed by atoms with E-state index in [1.165, 1.54) is 56.2 Å². The molecule has 0 bridgehead atoms. The second-order valence-corrected chi connectivity index (χ2v) is 6.82. The Hall–Kier alpha value is -3.88. The van der Waals surface area contributed by atoms with Crippen LogP contribution in [0.15, 0.2) is 47.3 Å². The molecule has 1 N–H and O–H groups in total. The van der Waals surface area contributed by atoms with Crippen molar-refractivity contribution in [1.29, 1.82) is 0 Å². The molecule has 1 amide bonds. The minimum absolute atomic E-state index is 0.286. The Morgan fingerprint density at radius 2 is 1.66 bits per heavy atom. The van der Waals surface area contributed by atoms with Crippen molar-refractivity contribution in [3.05, 3.63) is 64.3 Å². The van der Waals surface area contributed by atoms with Gasteiger partial charge in [0.25, 0.3) is 5.56 Å². The largest absolute Gasteiger partial charge is 0.493 e. The van der Waals surface area contributed by atoms with Crippen molar-refractivity contribution >= 4 is 11.6 Å². The third-order valence-electron chi connectivity index (χ3n) is 4.78. The summed E-state index contributed by atoms with van der Waals surface area (Å²) in [4.78, 5) is 30.0. The summed E-state index contributed by atoms with van der Waals surface area (Å²) in [5, 5.41) is 2.73. The van der Waals surface area contributed by atoms with E-state index < -0.39 is 11.7 Å². The van der Waals surface area contributed by atoms with Crippen LogP contribution in [0.1, 0.15) is 12.6 Å². The summed E-state index contributed by atoms with van der Waals surface area (Å²) in [6.07, 6.45) is 0.544. The first-order chi connectivity index (χ1) is 15.4. The number of halogens is 1. The van der Waals surface area contributed by atoms with Gasteiger partial charge in [-0.15, -0.1) is 0 Å². The monoisotopic (exact) mass is 441 g/mol. The molecule has 0 saturated heterocycles. The van der Waals surface area contributed by atoms with Crippen molar-refractivity contribution in [3.8, 4) is 28.6 Å². The van der Waals surface area contributed by atoms with E-state index in [1.54, 1.807) is 12.1 Å². The van der Waals surface area contributed by atoms with Gasteiger partial charge >= 0.3 is 0 Å². The van der Waals surface area contributed by atoms with Gasteiger partial charge in [0.05, 0.1) is 21.3 Å². The fraction of sp³-hybridized carbons (Fsp3) is 0.261. The Morgan fingerprint density at radius 3 is 2.19 bits per heavy atom. The average molecular weight is 441 g/mol. The van der Waals surface area contributed by atoms with Crippen LogP contribution in [-0.4, -0.2) is 36.8 Å². The van der Waals surface area contributed by atoms with Crippen molar-refractivity contribution in [2.45, 2.75) is 19.9 Å². The van der Waals surface area contributed by atoms with Gasteiger partial charge in [0.1, 0.15) is 18.2 Å². The van der Waals surface area contributed by atoms with E-state index in [1.807, 2.05) is 6.92 Å². The number of carbonyl (C=O) groups excluding carboxylic acids is 1. The van der Waals surface area contributed by atoms with Crippen molar-refractivity contribution in [2.24, 2.45) is 0 Å². The lowest BCUT2D eigenvalue weighted by Gasteiger charge is -2.16. The molecule has 3 rings (SSSR count). The third kappa shape index (κ3) is 4.88. The molecular weight excluding hydrogens is 417 g/mol. The first-order valence-corrected chi connectivity index (χ1v) is 9.86. The van der Waals surface area contributed by atoms with Gasteiger partial charge in [0.15, 0.2) is 11.5 Å². The molecule has 0 aliphatic carbocycles. The van der Waals surface area contributed by atoms with Crippen LogP contribution in [-0.2, 0) is 17.8 Å². The van der Waals surface area contributed by atoms with E-state index in [4.69, 9.17) is 14.2 Å². The highest BCUT2D eigenvalue weighted by molar-refractivity contribution is 5.91. The maximum atomic E-state index is 13.4. The summed E-state index contributed by atoms with van der Waals surface area (Å²) < 4.78 is 30.5. The molecule has 0 aliphatic rings. The molecule has 1 aromatic heterocycles. The zero-order valence-corrected chi connectivity index (χ0v) is 18.3. The molecule has 3 aromatic rings. The molecule has 8 nitrogen and oxygen atoms in total. The van der Waals surface area contributed by atoms with Gasteiger partial charge in [0, 0.05) is 35.1 Å². The van der Waals surface area contributed by atoms with Crippen LogP contribution < -0.4 is 25.1 Å². The van der Waals surface area contributed by atoms with Crippen LogP contribution in [0, 0.1) is 5.82 Å². The Morgan fingerprint density at radius 1 is 1.03 bits per heavy atom. The number of aryl methyl sites for hydroxylation is 1. The van der Waals surface area contributed by atoms with Gasteiger partial charge < -0.3 is 19.5 Å². The molecule has 2 aromatic carbocycles. The number of nitrogens with zero attached hydrogens (tertiary/aromatic N) is 2. The van der Waals surface area contributed by atoms with Crippen LogP contribution in [0.3, 0.4) is 0 Å². The van der Waals surface area contributed by atoms with Crippen molar-refractivity contribution in [2.75, 3.05) is 26.6 Å². The average Bonchev–Trinajstić information content (AvgIpc) is 2.80. The SMILES string of the molecule is CCc1cc(=O)n(CC(=O)Nc2cc(OC)c(OC)c(OC)c2)c(-c2ccc(F)cc2)n1. The summed E-state index contributed by atoms with van der Waals surface area (Å²) in [6.45, 7) is 1.58. The van der Waals surface area contributed by atoms with E-state index in [-0.39, 0.29) is 17.9 Å². The zero-order chi connectivity index (χ0) is 23.3. The number of rotatable bonds is 8. The zero-order valence-electron chi connectivity index (χ0n) is 18.3. The number of amides is 1. The summed E-state index contributed by atoms with van der Waals surface area (Å²) in [5.41, 5.74) is 1.13. The van der Waals surface area contributed by atoms with Crippen LogP contribution in [0.25, 0.3) is 11.4 Å². The summed E-state index contributed by atoms with van der Waals surface area (Å²) in [7, 11) is 4.42. The molecule has 32 heavy (non-hydrogen) atoms. The summed E-state index contributed by atoms with van der Waals surface area (Å²) >= 11 is 0. The lowest BCUT2D eigenvalue weighted by atomic mass is 10.2. The number of methoxy groups -OCH3 is 3. The molecule has 0 spiro atoms. The van der Waals surface area contributed by atoms with Gasteiger partial charge in [-0.25, -0.2) is 9.37 Å². The number of benzene rings is 2. The number of nitrogens with one attached hydrogen (secondary N) is 1. The first-order valence-electron chi connectivity index (χ1n) is 9.86. The van der Waals surface area contributed by atoms with E-state index >= 15 is 0 Å².